The summed E-state index contributed by atoms with van der Waals surface area (Å²) in [6.45, 7) is 5.54. The van der Waals surface area contributed by atoms with Gasteiger partial charge in [0.05, 0.1) is 22.5 Å². The average molecular weight is 458 g/mol. The predicted octanol–water partition coefficient (Wildman–Crippen LogP) is 1.05. The zero-order valence-corrected chi connectivity index (χ0v) is 19.1. The van der Waals surface area contributed by atoms with Crippen LogP contribution in [-0.4, -0.2) is 73.8 Å². The third-order valence-electron chi connectivity index (χ3n) is 6.49. The second-order valence-electron chi connectivity index (χ2n) is 8.75. The molecule has 8 nitrogen and oxygen atoms in total. The average Bonchev–Trinajstić information content (AvgIpc) is 3.39. The van der Waals surface area contributed by atoms with Gasteiger partial charge >= 0.3 is 0 Å². The molecule has 2 aromatic carbocycles. The van der Waals surface area contributed by atoms with Crippen LogP contribution in [0.4, 0.5) is 0 Å². The molecule has 0 aromatic heterocycles. The lowest BCUT2D eigenvalue weighted by molar-refractivity contribution is -0.117. The van der Waals surface area contributed by atoms with Gasteiger partial charge in [-0.3, -0.25) is 19.3 Å². The SMILES string of the molecule is CN1CCN(CCNC(=O)c2ccc(C3=C4C(=O)NC(c5ccccc5)=C4C(=O)N3)cc2)CC1. The van der Waals surface area contributed by atoms with Crippen LogP contribution in [0, 0.1) is 0 Å². The Bertz CT molecular complexity index is 1190. The van der Waals surface area contributed by atoms with Gasteiger partial charge in [0.15, 0.2) is 0 Å². The number of nitrogens with one attached hydrogen (secondary N) is 3. The molecule has 0 radical (unpaired) electrons. The van der Waals surface area contributed by atoms with E-state index in [1.807, 2.05) is 30.3 Å². The zero-order chi connectivity index (χ0) is 23.7. The first-order chi connectivity index (χ1) is 16.5. The van der Waals surface area contributed by atoms with E-state index in [1.54, 1.807) is 24.3 Å². The van der Waals surface area contributed by atoms with Gasteiger partial charge in [-0.05, 0) is 30.3 Å². The molecule has 0 bridgehead atoms. The Kier molecular flexibility index (Phi) is 6.00. The first-order valence-corrected chi connectivity index (χ1v) is 11.5. The number of hydrogen-bond acceptors (Lipinski definition) is 5. The van der Waals surface area contributed by atoms with Crippen molar-refractivity contribution in [1.82, 2.24) is 25.8 Å². The van der Waals surface area contributed by atoms with Crippen molar-refractivity contribution < 1.29 is 14.4 Å². The summed E-state index contributed by atoms with van der Waals surface area (Å²) in [5.41, 5.74) is 3.67. The molecular weight excluding hydrogens is 430 g/mol. The fraction of sp³-hybridized carbons (Fsp3) is 0.269. The van der Waals surface area contributed by atoms with Crippen LogP contribution in [0.2, 0.25) is 0 Å². The Hall–Kier alpha value is -3.75. The number of nitrogens with zero attached hydrogens (tertiary/aromatic N) is 2. The summed E-state index contributed by atoms with van der Waals surface area (Å²) in [4.78, 5) is 42.7. The van der Waals surface area contributed by atoms with Crippen LogP contribution in [0.25, 0.3) is 11.4 Å². The van der Waals surface area contributed by atoms with E-state index in [2.05, 4.69) is 32.8 Å². The molecule has 0 aliphatic carbocycles. The van der Waals surface area contributed by atoms with E-state index < -0.39 is 0 Å². The molecule has 1 saturated heterocycles. The van der Waals surface area contributed by atoms with Gasteiger partial charge in [0.25, 0.3) is 17.7 Å². The maximum atomic E-state index is 12.7. The first kappa shape index (κ1) is 22.1. The van der Waals surface area contributed by atoms with Gasteiger partial charge in [-0.25, -0.2) is 0 Å². The Morgan fingerprint density at radius 2 is 1.38 bits per heavy atom. The van der Waals surface area contributed by atoms with Gasteiger partial charge in [0.2, 0.25) is 0 Å². The number of benzene rings is 2. The molecule has 3 aliphatic rings. The molecular formula is C26H27N5O3. The minimum Gasteiger partial charge on any atom is -0.351 e. The molecule has 0 atom stereocenters. The highest BCUT2D eigenvalue weighted by atomic mass is 16.2. The van der Waals surface area contributed by atoms with E-state index in [4.69, 9.17) is 0 Å². The Balaban J connectivity index is 1.29. The standard InChI is InChI=1S/C26H27N5O3/c1-30-13-15-31(16-14-30)12-11-27-24(32)19-9-7-18(8-10-19)23-21-20(25(33)29-23)22(28-26(21)34)17-5-3-2-4-6-17/h2-10H,11-16H2,1H3,(H,27,32)(H,28,34)(H,29,33). The monoisotopic (exact) mass is 457 g/mol. The third-order valence-corrected chi connectivity index (χ3v) is 6.49. The van der Waals surface area contributed by atoms with Crippen molar-refractivity contribution in [3.8, 4) is 0 Å². The second-order valence-corrected chi connectivity index (χ2v) is 8.75. The summed E-state index contributed by atoms with van der Waals surface area (Å²) < 4.78 is 0. The van der Waals surface area contributed by atoms with E-state index in [-0.39, 0.29) is 17.7 Å². The molecule has 8 heteroatoms. The van der Waals surface area contributed by atoms with Crippen molar-refractivity contribution in [3.05, 3.63) is 82.4 Å². The van der Waals surface area contributed by atoms with Crippen molar-refractivity contribution in [3.63, 3.8) is 0 Å². The predicted molar refractivity (Wildman–Crippen MR) is 129 cm³/mol. The van der Waals surface area contributed by atoms with Crippen LogP contribution >= 0.6 is 0 Å². The third kappa shape index (κ3) is 4.25. The molecule has 0 saturated carbocycles. The van der Waals surface area contributed by atoms with E-state index in [1.165, 1.54) is 0 Å². The van der Waals surface area contributed by atoms with E-state index in [0.717, 1.165) is 38.3 Å². The maximum absolute atomic E-state index is 12.7. The van der Waals surface area contributed by atoms with Gasteiger partial charge in [0.1, 0.15) is 0 Å². The van der Waals surface area contributed by atoms with Crippen molar-refractivity contribution in [2.75, 3.05) is 46.3 Å². The normalized spacial score (nSPS) is 18.7. The molecule has 0 unspecified atom stereocenters. The van der Waals surface area contributed by atoms with Crippen LogP contribution in [0.5, 0.6) is 0 Å². The Morgan fingerprint density at radius 3 is 1.97 bits per heavy atom. The van der Waals surface area contributed by atoms with Crippen molar-refractivity contribution >= 4 is 29.1 Å². The number of rotatable bonds is 6. The molecule has 5 rings (SSSR count). The fourth-order valence-electron chi connectivity index (χ4n) is 4.51. The van der Waals surface area contributed by atoms with E-state index in [9.17, 15) is 14.4 Å². The molecule has 2 aromatic rings. The minimum absolute atomic E-state index is 0.139. The smallest absolute Gasteiger partial charge is 0.258 e. The van der Waals surface area contributed by atoms with Crippen LogP contribution in [0.1, 0.15) is 21.5 Å². The summed E-state index contributed by atoms with van der Waals surface area (Å²) in [5, 5.41) is 8.65. The summed E-state index contributed by atoms with van der Waals surface area (Å²) in [5.74, 6) is -0.764. The molecule has 0 spiro atoms. The molecule has 174 valence electrons. The summed E-state index contributed by atoms with van der Waals surface area (Å²) in [6.07, 6.45) is 0. The number of amides is 3. The summed E-state index contributed by atoms with van der Waals surface area (Å²) in [6, 6.07) is 16.3. The fourth-order valence-corrected chi connectivity index (χ4v) is 4.51. The molecule has 3 N–H and O–H groups in total. The molecule has 3 amide bonds. The lowest BCUT2D eigenvalue weighted by Gasteiger charge is -2.32. The first-order valence-electron chi connectivity index (χ1n) is 11.5. The van der Waals surface area contributed by atoms with Gasteiger partial charge < -0.3 is 20.9 Å². The number of carbonyl (C=O) groups is 3. The molecule has 3 heterocycles. The Labute approximate surface area is 198 Å². The molecule has 3 aliphatic heterocycles. The number of carbonyl (C=O) groups excluding carboxylic acids is 3. The minimum atomic E-state index is -0.312. The molecule has 34 heavy (non-hydrogen) atoms. The lowest BCUT2D eigenvalue weighted by Crippen LogP contribution is -2.46. The van der Waals surface area contributed by atoms with Crippen molar-refractivity contribution in [2.24, 2.45) is 0 Å². The van der Waals surface area contributed by atoms with Gasteiger partial charge in [0, 0.05) is 44.8 Å². The number of piperazine rings is 1. The number of likely N-dealkylation sites (N-methyl/N-ethyl adjacent to an activating group) is 1. The van der Waals surface area contributed by atoms with Gasteiger partial charge in [-0.15, -0.1) is 0 Å². The van der Waals surface area contributed by atoms with Crippen LogP contribution in [0.3, 0.4) is 0 Å². The van der Waals surface area contributed by atoms with Crippen LogP contribution in [-0.2, 0) is 9.59 Å². The van der Waals surface area contributed by atoms with Gasteiger partial charge in [-0.2, -0.15) is 0 Å². The number of hydrogen-bond donors (Lipinski definition) is 3. The highest BCUT2D eigenvalue weighted by molar-refractivity contribution is 6.30. The van der Waals surface area contributed by atoms with Crippen molar-refractivity contribution in [2.45, 2.75) is 0 Å². The lowest BCUT2D eigenvalue weighted by atomic mass is 10.0. The highest BCUT2D eigenvalue weighted by Gasteiger charge is 2.40. The Morgan fingerprint density at radius 1 is 0.824 bits per heavy atom. The number of fused-ring (bicyclic) bond motifs is 1. The van der Waals surface area contributed by atoms with E-state index >= 15 is 0 Å². The van der Waals surface area contributed by atoms with E-state index in [0.29, 0.717) is 40.2 Å². The van der Waals surface area contributed by atoms with Crippen molar-refractivity contribution in [1.29, 1.82) is 0 Å². The second kappa shape index (κ2) is 9.24. The highest BCUT2D eigenvalue weighted by Crippen LogP contribution is 2.37. The van der Waals surface area contributed by atoms with Crippen LogP contribution < -0.4 is 16.0 Å². The summed E-state index contributed by atoms with van der Waals surface area (Å²) >= 11 is 0. The topological polar surface area (TPSA) is 93.8 Å². The zero-order valence-electron chi connectivity index (χ0n) is 19.1. The van der Waals surface area contributed by atoms with Gasteiger partial charge in [-0.1, -0.05) is 42.5 Å². The largest absolute Gasteiger partial charge is 0.351 e. The molecule has 1 fully saturated rings. The quantitative estimate of drug-likeness (QED) is 0.603. The van der Waals surface area contributed by atoms with Crippen LogP contribution in [0.15, 0.2) is 65.7 Å². The maximum Gasteiger partial charge on any atom is 0.258 e. The summed E-state index contributed by atoms with van der Waals surface area (Å²) in [7, 11) is 2.12.